The van der Waals surface area contributed by atoms with Crippen LogP contribution in [0.25, 0.3) is 0 Å². The predicted molar refractivity (Wildman–Crippen MR) is 86.5 cm³/mol. The summed E-state index contributed by atoms with van der Waals surface area (Å²) in [7, 11) is 1.72. The van der Waals surface area contributed by atoms with Crippen molar-refractivity contribution in [2.45, 2.75) is 18.9 Å². The molecule has 6 nitrogen and oxygen atoms in total. The van der Waals surface area contributed by atoms with Gasteiger partial charge in [0.25, 0.3) is 11.5 Å². The van der Waals surface area contributed by atoms with Crippen molar-refractivity contribution >= 4 is 23.1 Å². The lowest BCUT2D eigenvalue weighted by Crippen LogP contribution is -2.49. The lowest BCUT2D eigenvalue weighted by molar-refractivity contribution is 0.0933. The van der Waals surface area contributed by atoms with Crippen LogP contribution in [-0.4, -0.2) is 34.6 Å². The van der Waals surface area contributed by atoms with Crippen molar-refractivity contribution in [2.75, 3.05) is 18.0 Å². The molecule has 22 heavy (non-hydrogen) atoms. The Morgan fingerprint density at radius 1 is 1.50 bits per heavy atom. The molecular formula is C15H18N4O2S. The molecule has 0 spiro atoms. The van der Waals surface area contributed by atoms with E-state index in [-0.39, 0.29) is 17.5 Å². The van der Waals surface area contributed by atoms with Crippen LogP contribution >= 0.6 is 11.3 Å². The van der Waals surface area contributed by atoms with Crippen LogP contribution in [0.5, 0.6) is 0 Å². The SMILES string of the molecule is Cn1ccnc(N2CCCC(NC(=O)c3ccsc3)C2)c1=O. The number of carbonyl (C=O) groups excluding carboxylic acids is 1. The maximum atomic E-state index is 12.2. The molecule has 0 radical (unpaired) electrons. The third kappa shape index (κ3) is 3.04. The summed E-state index contributed by atoms with van der Waals surface area (Å²) in [4.78, 5) is 30.5. The Kier molecular flexibility index (Phi) is 4.24. The third-order valence-corrected chi connectivity index (χ3v) is 4.52. The molecule has 116 valence electrons. The number of rotatable bonds is 3. The number of thiophene rings is 1. The number of piperidine rings is 1. The molecule has 1 fully saturated rings. The second kappa shape index (κ2) is 6.31. The number of hydrogen-bond donors (Lipinski definition) is 1. The Bertz CT molecular complexity index is 711. The predicted octanol–water partition coefficient (Wildman–Crippen LogP) is 1.24. The van der Waals surface area contributed by atoms with Gasteiger partial charge in [-0.2, -0.15) is 11.3 Å². The molecule has 1 saturated heterocycles. The van der Waals surface area contributed by atoms with Crippen LogP contribution in [0.4, 0.5) is 5.82 Å². The van der Waals surface area contributed by atoms with Crippen molar-refractivity contribution in [1.29, 1.82) is 0 Å². The van der Waals surface area contributed by atoms with E-state index in [1.165, 1.54) is 15.9 Å². The van der Waals surface area contributed by atoms with Gasteiger partial charge in [-0.15, -0.1) is 0 Å². The largest absolute Gasteiger partial charge is 0.350 e. The van der Waals surface area contributed by atoms with Gasteiger partial charge in [-0.1, -0.05) is 0 Å². The van der Waals surface area contributed by atoms with Gasteiger partial charge >= 0.3 is 0 Å². The standard InChI is InChI=1S/C15H18N4O2S/c1-18-7-5-16-13(15(18)21)19-6-2-3-12(9-19)17-14(20)11-4-8-22-10-11/h4-5,7-8,10,12H,2-3,6,9H2,1H3,(H,17,20). The van der Waals surface area contributed by atoms with Crippen molar-refractivity contribution < 1.29 is 4.79 Å². The maximum absolute atomic E-state index is 12.2. The molecule has 1 unspecified atom stereocenters. The lowest BCUT2D eigenvalue weighted by atomic mass is 10.1. The van der Waals surface area contributed by atoms with E-state index >= 15 is 0 Å². The molecule has 1 atom stereocenters. The summed E-state index contributed by atoms with van der Waals surface area (Å²) in [6.45, 7) is 1.40. The molecular weight excluding hydrogens is 300 g/mol. The van der Waals surface area contributed by atoms with Gasteiger partial charge in [-0.25, -0.2) is 4.98 Å². The highest BCUT2D eigenvalue weighted by molar-refractivity contribution is 7.08. The van der Waals surface area contributed by atoms with Gasteiger partial charge in [0, 0.05) is 49.5 Å². The summed E-state index contributed by atoms with van der Waals surface area (Å²) < 4.78 is 1.52. The minimum atomic E-state index is -0.104. The van der Waals surface area contributed by atoms with Crippen LogP contribution in [-0.2, 0) is 7.05 Å². The Balaban J connectivity index is 1.70. The number of anilines is 1. The van der Waals surface area contributed by atoms with Crippen LogP contribution in [0.15, 0.2) is 34.0 Å². The Morgan fingerprint density at radius 2 is 2.36 bits per heavy atom. The zero-order valence-corrected chi connectivity index (χ0v) is 13.2. The molecule has 3 heterocycles. The number of hydrogen-bond acceptors (Lipinski definition) is 5. The van der Waals surface area contributed by atoms with Gasteiger partial charge in [-0.05, 0) is 24.3 Å². The second-order valence-corrected chi connectivity index (χ2v) is 6.22. The summed E-state index contributed by atoms with van der Waals surface area (Å²) in [5, 5.41) is 6.77. The fourth-order valence-electron chi connectivity index (χ4n) is 2.65. The molecule has 1 N–H and O–H groups in total. The normalized spacial score (nSPS) is 18.2. The average Bonchev–Trinajstić information content (AvgIpc) is 3.05. The van der Waals surface area contributed by atoms with Crippen LogP contribution in [0.3, 0.4) is 0 Å². The van der Waals surface area contributed by atoms with Crippen LogP contribution in [0.1, 0.15) is 23.2 Å². The van der Waals surface area contributed by atoms with Crippen molar-refractivity contribution in [2.24, 2.45) is 7.05 Å². The van der Waals surface area contributed by atoms with Gasteiger partial charge in [0.1, 0.15) is 0 Å². The summed E-state index contributed by atoms with van der Waals surface area (Å²) >= 11 is 1.51. The number of nitrogens with zero attached hydrogens (tertiary/aromatic N) is 3. The van der Waals surface area contributed by atoms with Crippen LogP contribution in [0, 0.1) is 0 Å². The van der Waals surface area contributed by atoms with Crippen molar-refractivity contribution in [3.8, 4) is 0 Å². The highest BCUT2D eigenvalue weighted by Crippen LogP contribution is 2.15. The minimum absolute atomic E-state index is 0.0351. The molecule has 2 aromatic rings. The zero-order valence-electron chi connectivity index (χ0n) is 12.4. The lowest BCUT2D eigenvalue weighted by Gasteiger charge is -2.33. The molecule has 1 aliphatic heterocycles. The summed E-state index contributed by atoms with van der Waals surface area (Å²) in [6, 6.07) is 1.85. The van der Waals surface area contributed by atoms with E-state index in [1.54, 1.807) is 19.4 Å². The van der Waals surface area contributed by atoms with Gasteiger partial charge in [0.05, 0.1) is 0 Å². The minimum Gasteiger partial charge on any atom is -0.350 e. The van der Waals surface area contributed by atoms with Crippen molar-refractivity contribution in [3.63, 3.8) is 0 Å². The smallest absolute Gasteiger partial charge is 0.293 e. The molecule has 2 aromatic heterocycles. The van der Waals surface area contributed by atoms with Gasteiger partial charge in [-0.3, -0.25) is 9.59 Å². The number of carbonyl (C=O) groups is 1. The molecule has 7 heteroatoms. The Labute approximate surface area is 132 Å². The first kappa shape index (κ1) is 14.8. The first-order chi connectivity index (χ1) is 10.6. The summed E-state index contributed by atoms with van der Waals surface area (Å²) in [5.41, 5.74) is 0.586. The quantitative estimate of drug-likeness (QED) is 0.924. The van der Waals surface area contributed by atoms with Gasteiger partial charge in [0.15, 0.2) is 5.82 Å². The second-order valence-electron chi connectivity index (χ2n) is 5.44. The number of nitrogens with one attached hydrogen (secondary N) is 1. The van der Waals surface area contributed by atoms with Gasteiger partial charge in [0.2, 0.25) is 0 Å². The van der Waals surface area contributed by atoms with E-state index in [2.05, 4.69) is 10.3 Å². The highest BCUT2D eigenvalue weighted by atomic mass is 32.1. The molecule has 3 rings (SSSR count). The van der Waals surface area contributed by atoms with Crippen molar-refractivity contribution in [1.82, 2.24) is 14.9 Å². The van der Waals surface area contributed by atoms with E-state index in [9.17, 15) is 9.59 Å². The number of aryl methyl sites for hydroxylation is 1. The number of aromatic nitrogens is 2. The fourth-order valence-corrected chi connectivity index (χ4v) is 3.29. The highest BCUT2D eigenvalue weighted by Gasteiger charge is 2.24. The maximum Gasteiger partial charge on any atom is 0.293 e. The Morgan fingerprint density at radius 3 is 3.14 bits per heavy atom. The zero-order chi connectivity index (χ0) is 15.5. The van der Waals surface area contributed by atoms with E-state index in [4.69, 9.17) is 0 Å². The summed E-state index contributed by atoms with van der Waals surface area (Å²) in [6.07, 6.45) is 5.11. The average molecular weight is 318 g/mol. The first-order valence-corrected chi connectivity index (χ1v) is 8.19. The molecule has 0 saturated carbocycles. The Hall–Kier alpha value is -2.15. The monoisotopic (exact) mass is 318 g/mol. The van der Waals surface area contributed by atoms with Crippen molar-refractivity contribution in [3.05, 3.63) is 45.1 Å². The molecule has 0 bridgehead atoms. The van der Waals surface area contributed by atoms with E-state index in [1.807, 2.05) is 21.7 Å². The van der Waals surface area contributed by atoms with Crippen LogP contribution < -0.4 is 15.8 Å². The van der Waals surface area contributed by atoms with E-state index in [0.29, 0.717) is 17.9 Å². The molecule has 1 amide bonds. The first-order valence-electron chi connectivity index (χ1n) is 7.25. The van der Waals surface area contributed by atoms with Crippen LogP contribution in [0.2, 0.25) is 0 Å². The topological polar surface area (TPSA) is 67.2 Å². The molecule has 0 aromatic carbocycles. The molecule has 1 aliphatic rings. The third-order valence-electron chi connectivity index (χ3n) is 3.84. The van der Waals surface area contributed by atoms with E-state index < -0.39 is 0 Å². The van der Waals surface area contributed by atoms with E-state index in [0.717, 1.165) is 19.4 Å². The summed E-state index contributed by atoms with van der Waals surface area (Å²) in [5.74, 6) is 0.404. The number of amides is 1. The van der Waals surface area contributed by atoms with Gasteiger partial charge < -0.3 is 14.8 Å². The fraction of sp³-hybridized carbons (Fsp3) is 0.400. The molecule has 0 aliphatic carbocycles.